The Hall–Kier alpha value is -2.99. The molecule has 0 atom stereocenters. The van der Waals surface area contributed by atoms with E-state index in [9.17, 15) is 14.4 Å². The minimum atomic E-state index is -0.397. The fourth-order valence-corrected chi connectivity index (χ4v) is 3.10. The highest BCUT2D eigenvalue weighted by atomic mass is 16.2. The van der Waals surface area contributed by atoms with Gasteiger partial charge in [0.15, 0.2) is 0 Å². The molecular formula is C21H23N3O3. The zero-order chi connectivity index (χ0) is 19.6. The first kappa shape index (κ1) is 18.8. The second kappa shape index (κ2) is 7.72. The summed E-state index contributed by atoms with van der Waals surface area (Å²) in [5.41, 5.74) is 3.35. The maximum atomic E-state index is 12.9. The largest absolute Gasteiger partial charge is 0.351 e. The van der Waals surface area contributed by atoms with Crippen molar-refractivity contribution >= 4 is 23.4 Å². The molecule has 0 saturated heterocycles. The van der Waals surface area contributed by atoms with Crippen LogP contribution in [-0.4, -0.2) is 37.4 Å². The Kier molecular flexibility index (Phi) is 5.37. The number of anilines is 1. The summed E-state index contributed by atoms with van der Waals surface area (Å²) < 4.78 is 0. The van der Waals surface area contributed by atoms with Gasteiger partial charge >= 0.3 is 0 Å². The molecule has 6 heteroatoms. The molecule has 1 heterocycles. The van der Waals surface area contributed by atoms with Crippen molar-refractivity contribution in [2.45, 2.75) is 20.8 Å². The van der Waals surface area contributed by atoms with Crippen molar-refractivity contribution in [3.8, 4) is 0 Å². The van der Waals surface area contributed by atoms with Gasteiger partial charge in [0.1, 0.15) is 0 Å². The molecule has 1 aliphatic rings. The number of benzene rings is 2. The minimum Gasteiger partial charge on any atom is -0.351 e. The number of hydrogen-bond donors (Lipinski definition) is 2. The van der Waals surface area contributed by atoms with Crippen LogP contribution in [0.15, 0.2) is 36.4 Å². The van der Waals surface area contributed by atoms with Gasteiger partial charge in [-0.3, -0.25) is 14.4 Å². The topological polar surface area (TPSA) is 78.5 Å². The Labute approximate surface area is 158 Å². The second-order valence-electron chi connectivity index (χ2n) is 6.61. The lowest BCUT2D eigenvalue weighted by atomic mass is 10.1. The molecule has 0 radical (unpaired) electrons. The SMILES string of the molecule is CCNCCNC(=O)c1ccc2c(c1)C(=O)N(c1cc(C)ccc1C)C2=O. The molecule has 1 aliphatic heterocycles. The van der Waals surface area contributed by atoms with Gasteiger partial charge in [-0.05, 0) is 55.8 Å². The van der Waals surface area contributed by atoms with Gasteiger partial charge in [-0.2, -0.15) is 0 Å². The Morgan fingerprint density at radius 2 is 1.70 bits per heavy atom. The summed E-state index contributed by atoms with van der Waals surface area (Å²) in [5, 5.41) is 5.92. The lowest BCUT2D eigenvalue weighted by Crippen LogP contribution is -2.31. The number of likely N-dealkylation sites (N-methyl/N-ethyl adjacent to an activating group) is 1. The molecule has 2 aromatic rings. The van der Waals surface area contributed by atoms with Crippen molar-refractivity contribution in [3.05, 3.63) is 64.2 Å². The van der Waals surface area contributed by atoms with Crippen LogP contribution in [0, 0.1) is 13.8 Å². The Balaban J connectivity index is 1.86. The van der Waals surface area contributed by atoms with E-state index in [0.29, 0.717) is 29.9 Å². The van der Waals surface area contributed by atoms with Crippen LogP contribution in [-0.2, 0) is 0 Å². The van der Waals surface area contributed by atoms with Crippen LogP contribution in [0.25, 0.3) is 0 Å². The Bertz CT molecular complexity index is 921. The van der Waals surface area contributed by atoms with Crippen molar-refractivity contribution < 1.29 is 14.4 Å². The maximum Gasteiger partial charge on any atom is 0.266 e. The first-order valence-electron chi connectivity index (χ1n) is 9.03. The van der Waals surface area contributed by atoms with E-state index in [1.165, 1.54) is 11.0 Å². The van der Waals surface area contributed by atoms with Gasteiger partial charge in [0.05, 0.1) is 16.8 Å². The molecule has 0 bridgehead atoms. The zero-order valence-corrected chi connectivity index (χ0v) is 15.8. The summed E-state index contributed by atoms with van der Waals surface area (Å²) in [6.45, 7) is 7.76. The third-order valence-electron chi connectivity index (χ3n) is 4.59. The summed E-state index contributed by atoms with van der Waals surface area (Å²) >= 11 is 0. The van der Waals surface area contributed by atoms with Gasteiger partial charge in [-0.25, -0.2) is 4.90 Å². The molecular weight excluding hydrogens is 342 g/mol. The number of hydrogen-bond acceptors (Lipinski definition) is 4. The molecule has 0 fully saturated rings. The number of aryl methyl sites for hydroxylation is 2. The predicted molar refractivity (Wildman–Crippen MR) is 104 cm³/mol. The summed E-state index contributed by atoms with van der Waals surface area (Å²) in [7, 11) is 0. The smallest absolute Gasteiger partial charge is 0.266 e. The highest BCUT2D eigenvalue weighted by molar-refractivity contribution is 6.35. The van der Waals surface area contributed by atoms with E-state index in [2.05, 4.69) is 10.6 Å². The number of nitrogens with one attached hydrogen (secondary N) is 2. The van der Waals surface area contributed by atoms with Gasteiger partial charge in [0, 0.05) is 18.7 Å². The van der Waals surface area contributed by atoms with Gasteiger partial charge < -0.3 is 10.6 Å². The van der Waals surface area contributed by atoms with E-state index in [1.54, 1.807) is 12.1 Å². The molecule has 27 heavy (non-hydrogen) atoms. The molecule has 0 saturated carbocycles. The van der Waals surface area contributed by atoms with E-state index in [4.69, 9.17) is 0 Å². The molecule has 6 nitrogen and oxygen atoms in total. The first-order valence-corrected chi connectivity index (χ1v) is 9.03. The lowest BCUT2D eigenvalue weighted by molar-refractivity contribution is 0.0923. The molecule has 0 aromatic heterocycles. The van der Waals surface area contributed by atoms with Crippen LogP contribution in [0.3, 0.4) is 0 Å². The molecule has 2 aromatic carbocycles. The van der Waals surface area contributed by atoms with Crippen LogP contribution in [0.5, 0.6) is 0 Å². The fraction of sp³-hybridized carbons (Fsp3) is 0.286. The van der Waals surface area contributed by atoms with Gasteiger partial charge in [0.2, 0.25) is 0 Å². The van der Waals surface area contributed by atoms with Crippen LogP contribution in [0.1, 0.15) is 49.1 Å². The fourth-order valence-electron chi connectivity index (χ4n) is 3.10. The van der Waals surface area contributed by atoms with E-state index in [0.717, 1.165) is 17.7 Å². The quantitative estimate of drug-likeness (QED) is 0.609. The monoisotopic (exact) mass is 365 g/mol. The van der Waals surface area contributed by atoms with Gasteiger partial charge in [-0.1, -0.05) is 19.1 Å². The van der Waals surface area contributed by atoms with Crippen LogP contribution >= 0.6 is 0 Å². The van der Waals surface area contributed by atoms with Crippen LogP contribution in [0.2, 0.25) is 0 Å². The van der Waals surface area contributed by atoms with Crippen molar-refractivity contribution in [3.63, 3.8) is 0 Å². The average Bonchev–Trinajstić information content (AvgIpc) is 2.91. The third-order valence-corrected chi connectivity index (χ3v) is 4.59. The third kappa shape index (κ3) is 3.61. The maximum absolute atomic E-state index is 12.9. The minimum absolute atomic E-state index is 0.263. The standard InChI is InChI=1S/C21H23N3O3/c1-4-22-9-10-23-19(25)15-7-8-16-17(12-15)21(27)24(20(16)26)18-11-13(2)5-6-14(18)3/h5-8,11-12,22H,4,9-10H2,1-3H3,(H,23,25). The Morgan fingerprint density at radius 3 is 2.44 bits per heavy atom. The van der Waals surface area contributed by atoms with E-state index < -0.39 is 5.91 Å². The highest BCUT2D eigenvalue weighted by Gasteiger charge is 2.37. The highest BCUT2D eigenvalue weighted by Crippen LogP contribution is 2.31. The molecule has 2 N–H and O–H groups in total. The molecule has 3 rings (SSSR count). The van der Waals surface area contributed by atoms with Crippen LogP contribution < -0.4 is 15.5 Å². The summed E-state index contributed by atoms with van der Waals surface area (Å²) in [6, 6.07) is 10.3. The van der Waals surface area contributed by atoms with Crippen molar-refractivity contribution in [1.82, 2.24) is 10.6 Å². The number of carbonyl (C=O) groups excluding carboxylic acids is 3. The molecule has 0 unspecified atom stereocenters. The normalized spacial score (nSPS) is 13.1. The van der Waals surface area contributed by atoms with Gasteiger partial charge in [-0.15, -0.1) is 0 Å². The van der Waals surface area contributed by atoms with Crippen molar-refractivity contribution in [2.75, 3.05) is 24.5 Å². The average molecular weight is 365 g/mol. The van der Waals surface area contributed by atoms with E-state index in [1.807, 2.05) is 39.0 Å². The number of nitrogens with zero attached hydrogens (tertiary/aromatic N) is 1. The number of rotatable bonds is 6. The van der Waals surface area contributed by atoms with Crippen LogP contribution in [0.4, 0.5) is 5.69 Å². The summed E-state index contributed by atoms with van der Waals surface area (Å²) in [5.74, 6) is -1.02. The number of amides is 3. The zero-order valence-electron chi connectivity index (χ0n) is 15.8. The number of imide groups is 1. The lowest BCUT2D eigenvalue weighted by Gasteiger charge is -2.17. The van der Waals surface area contributed by atoms with Gasteiger partial charge in [0.25, 0.3) is 17.7 Å². The van der Waals surface area contributed by atoms with Crippen molar-refractivity contribution in [2.24, 2.45) is 0 Å². The van der Waals surface area contributed by atoms with E-state index in [-0.39, 0.29) is 17.4 Å². The molecule has 3 amide bonds. The van der Waals surface area contributed by atoms with E-state index >= 15 is 0 Å². The Morgan fingerprint density at radius 1 is 0.963 bits per heavy atom. The summed E-state index contributed by atoms with van der Waals surface area (Å²) in [4.78, 5) is 39.2. The first-order chi connectivity index (χ1) is 12.9. The predicted octanol–water partition coefficient (Wildman–Crippen LogP) is 2.44. The molecule has 140 valence electrons. The second-order valence-corrected chi connectivity index (χ2v) is 6.61. The van der Waals surface area contributed by atoms with Crippen molar-refractivity contribution in [1.29, 1.82) is 0 Å². The summed E-state index contributed by atoms with van der Waals surface area (Å²) in [6.07, 6.45) is 0. The number of fused-ring (bicyclic) bond motifs is 1. The number of carbonyl (C=O) groups is 3. The molecule has 0 spiro atoms. The molecule has 0 aliphatic carbocycles.